The third kappa shape index (κ3) is 6.00. The molecule has 1 aliphatic rings. The fourth-order valence-electron chi connectivity index (χ4n) is 3.59. The number of rotatable bonds is 9. The molecule has 1 aliphatic heterocycles. The minimum absolute atomic E-state index is 0.0442. The van der Waals surface area contributed by atoms with Crippen molar-refractivity contribution in [3.63, 3.8) is 0 Å². The van der Waals surface area contributed by atoms with Crippen molar-refractivity contribution in [3.05, 3.63) is 59.2 Å². The zero-order valence-corrected chi connectivity index (χ0v) is 18.6. The van der Waals surface area contributed by atoms with Crippen LogP contribution in [0.15, 0.2) is 42.5 Å². The van der Waals surface area contributed by atoms with Gasteiger partial charge in [0.05, 0.1) is 0 Å². The molecule has 1 unspecified atom stereocenters. The first-order valence-corrected chi connectivity index (χ1v) is 11.0. The Labute approximate surface area is 184 Å². The van der Waals surface area contributed by atoms with Gasteiger partial charge in [0.15, 0.2) is 11.5 Å². The highest BCUT2D eigenvalue weighted by atomic mass is 16.6. The Bertz CT molecular complexity index is 912. The summed E-state index contributed by atoms with van der Waals surface area (Å²) in [5.41, 5.74) is 3.16. The van der Waals surface area contributed by atoms with Gasteiger partial charge < -0.3 is 19.7 Å². The topological polar surface area (TPSA) is 67.9 Å². The molecule has 1 N–H and O–H groups in total. The zero-order valence-electron chi connectivity index (χ0n) is 18.6. The predicted octanol–water partition coefficient (Wildman–Crippen LogP) is 3.64. The molecule has 0 saturated heterocycles. The second kappa shape index (κ2) is 10.8. The van der Waals surface area contributed by atoms with Crippen molar-refractivity contribution in [1.82, 2.24) is 10.2 Å². The van der Waals surface area contributed by atoms with E-state index in [2.05, 4.69) is 5.32 Å². The molecule has 2 aromatic carbocycles. The predicted molar refractivity (Wildman–Crippen MR) is 120 cm³/mol. The van der Waals surface area contributed by atoms with Crippen LogP contribution in [0.4, 0.5) is 0 Å². The van der Waals surface area contributed by atoms with E-state index in [0.29, 0.717) is 39.1 Å². The van der Waals surface area contributed by atoms with Crippen LogP contribution in [0.1, 0.15) is 43.4 Å². The second-order valence-electron chi connectivity index (χ2n) is 7.89. The summed E-state index contributed by atoms with van der Waals surface area (Å²) in [4.78, 5) is 27.5. The average molecular weight is 425 g/mol. The highest BCUT2D eigenvalue weighted by Gasteiger charge is 2.26. The first-order valence-electron chi connectivity index (χ1n) is 11.0. The van der Waals surface area contributed by atoms with Crippen molar-refractivity contribution in [3.8, 4) is 11.5 Å². The molecule has 6 nitrogen and oxygen atoms in total. The van der Waals surface area contributed by atoms with Crippen LogP contribution >= 0.6 is 0 Å². The van der Waals surface area contributed by atoms with Gasteiger partial charge in [-0.2, -0.15) is 0 Å². The number of nitrogens with one attached hydrogen (secondary N) is 1. The fraction of sp³-hybridized carbons (Fsp3) is 0.440. The van der Waals surface area contributed by atoms with Gasteiger partial charge in [-0.05, 0) is 55.5 Å². The number of hydrogen-bond donors (Lipinski definition) is 1. The lowest BCUT2D eigenvalue weighted by Gasteiger charge is -2.29. The van der Waals surface area contributed by atoms with Crippen LogP contribution in [0.2, 0.25) is 0 Å². The lowest BCUT2D eigenvalue weighted by Crippen LogP contribution is -2.47. The summed E-state index contributed by atoms with van der Waals surface area (Å²) >= 11 is 0. The minimum Gasteiger partial charge on any atom is -0.486 e. The molecule has 0 saturated carbocycles. The smallest absolute Gasteiger partial charge is 0.242 e. The number of hydrogen-bond acceptors (Lipinski definition) is 4. The number of aryl methyl sites for hydroxylation is 2. The molecule has 3 rings (SSSR count). The molecule has 0 spiro atoms. The van der Waals surface area contributed by atoms with Gasteiger partial charge in [-0.15, -0.1) is 0 Å². The van der Waals surface area contributed by atoms with E-state index in [1.54, 1.807) is 11.8 Å². The van der Waals surface area contributed by atoms with E-state index in [9.17, 15) is 9.59 Å². The first kappa shape index (κ1) is 22.7. The molecule has 0 radical (unpaired) electrons. The highest BCUT2D eigenvalue weighted by Crippen LogP contribution is 2.31. The molecule has 0 aromatic heterocycles. The molecule has 0 bridgehead atoms. The summed E-state index contributed by atoms with van der Waals surface area (Å²) < 4.78 is 11.2. The number of nitrogens with zero attached hydrogens (tertiary/aromatic N) is 1. The molecule has 6 heteroatoms. The molecule has 0 fully saturated rings. The normalized spacial score (nSPS) is 13.4. The Morgan fingerprint density at radius 2 is 1.84 bits per heavy atom. The number of carbonyl (C=O) groups is 2. The van der Waals surface area contributed by atoms with Crippen LogP contribution in [-0.4, -0.2) is 42.5 Å². The molecular formula is C25H32N2O4. The molecule has 1 heterocycles. The number of benzene rings is 2. The fourth-order valence-corrected chi connectivity index (χ4v) is 3.59. The largest absolute Gasteiger partial charge is 0.486 e. The Morgan fingerprint density at radius 1 is 1.10 bits per heavy atom. The first-order chi connectivity index (χ1) is 15.0. The van der Waals surface area contributed by atoms with E-state index in [1.807, 2.05) is 56.3 Å². The minimum atomic E-state index is -0.543. The summed E-state index contributed by atoms with van der Waals surface area (Å²) in [7, 11) is 0. The summed E-state index contributed by atoms with van der Waals surface area (Å²) in [6.07, 6.45) is 1.74. The number of amides is 2. The summed E-state index contributed by atoms with van der Waals surface area (Å²) in [5, 5.41) is 2.91. The van der Waals surface area contributed by atoms with Gasteiger partial charge in [0.1, 0.15) is 19.3 Å². The summed E-state index contributed by atoms with van der Waals surface area (Å²) in [6.45, 7) is 7.93. The van der Waals surface area contributed by atoms with Crippen molar-refractivity contribution < 1.29 is 19.1 Å². The van der Waals surface area contributed by atoms with Crippen LogP contribution in [0.5, 0.6) is 11.5 Å². The quantitative estimate of drug-likeness (QED) is 0.667. The lowest BCUT2D eigenvalue weighted by molar-refractivity contribution is -0.140. The van der Waals surface area contributed by atoms with Crippen molar-refractivity contribution in [2.24, 2.45) is 0 Å². The van der Waals surface area contributed by atoms with Gasteiger partial charge in [-0.1, -0.05) is 37.3 Å². The van der Waals surface area contributed by atoms with Crippen LogP contribution in [0.3, 0.4) is 0 Å². The van der Waals surface area contributed by atoms with Gasteiger partial charge in [0, 0.05) is 19.5 Å². The van der Waals surface area contributed by atoms with Gasteiger partial charge in [-0.3, -0.25) is 9.59 Å². The lowest BCUT2D eigenvalue weighted by atomic mass is 10.0. The second-order valence-corrected chi connectivity index (χ2v) is 7.89. The number of fused-ring (bicyclic) bond motifs is 1. The van der Waals surface area contributed by atoms with E-state index in [1.165, 1.54) is 0 Å². The SMILES string of the molecule is CCCNC(=O)C(C)N(Cc1ccccc1C)C(=O)CCc1ccc2c(c1)OCCO2. The Balaban J connectivity index is 1.71. The van der Waals surface area contributed by atoms with Crippen LogP contribution in [0, 0.1) is 6.92 Å². The Hall–Kier alpha value is -3.02. The molecule has 2 amide bonds. The van der Waals surface area contributed by atoms with E-state index < -0.39 is 6.04 Å². The molecule has 31 heavy (non-hydrogen) atoms. The molecular weight excluding hydrogens is 392 g/mol. The Morgan fingerprint density at radius 3 is 2.58 bits per heavy atom. The maximum atomic E-state index is 13.2. The molecule has 0 aliphatic carbocycles. The number of ether oxygens (including phenoxy) is 2. The van der Waals surface area contributed by atoms with Crippen molar-refractivity contribution in [1.29, 1.82) is 0 Å². The van der Waals surface area contributed by atoms with Crippen LogP contribution in [0.25, 0.3) is 0 Å². The van der Waals surface area contributed by atoms with E-state index >= 15 is 0 Å². The van der Waals surface area contributed by atoms with Crippen LogP contribution < -0.4 is 14.8 Å². The van der Waals surface area contributed by atoms with Gasteiger partial charge in [0.2, 0.25) is 11.8 Å². The average Bonchev–Trinajstić information content (AvgIpc) is 2.79. The van der Waals surface area contributed by atoms with Crippen LogP contribution in [-0.2, 0) is 22.6 Å². The maximum Gasteiger partial charge on any atom is 0.242 e. The Kier molecular flexibility index (Phi) is 7.93. The summed E-state index contributed by atoms with van der Waals surface area (Å²) in [6, 6.07) is 13.2. The van der Waals surface area contributed by atoms with Crippen molar-refractivity contribution >= 4 is 11.8 Å². The standard InChI is InChI=1S/C25H32N2O4/c1-4-13-26-25(29)19(3)27(17-21-8-6-5-7-18(21)2)24(28)12-10-20-9-11-22-23(16-20)31-15-14-30-22/h5-9,11,16,19H,4,10,12-15,17H2,1-3H3,(H,26,29). The third-order valence-electron chi connectivity index (χ3n) is 5.55. The monoisotopic (exact) mass is 424 g/mol. The zero-order chi connectivity index (χ0) is 22.2. The molecule has 2 aromatic rings. The van der Waals surface area contributed by atoms with Crippen molar-refractivity contribution in [2.75, 3.05) is 19.8 Å². The maximum absolute atomic E-state index is 13.2. The van der Waals surface area contributed by atoms with Gasteiger partial charge in [0.25, 0.3) is 0 Å². The third-order valence-corrected chi connectivity index (χ3v) is 5.55. The van der Waals surface area contributed by atoms with Gasteiger partial charge in [-0.25, -0.2) is 0 Å². The number of carbonyl (C=O) groups excluding carboxylic acids is 2. The highest BCUT2D eigenvalue weighted by molar-refractivity contribution is 5.87. The van der Waals surface area contributed by atoms with E-state index in [-0.39, 0.29) is 11.8 Å². The van der Waals surface area contributed by atoms with Crippen molar-refractivity contribution in [2.45, 2.75) is 52.6 Å². The van der Waals surface area contributed by atoms with E-state index in [4.69, 9.17) is 9.47 Å². The molecule has 166 valence electrons. The molecule has 1 atom stereocenters. The summed E-state index contributed by atoms with van der Waals surface area (Å²) in [5.74, 6) is 1.30. The van der Waals surface area contributed by atoms with Gasteiger partial charge >= 0.3 is 0 Å². The van der Waals surface area contributed by atoms with E-state index in [0.717, 1.165) is 34.6 Å².